The van der Waals surface area contributed by atoms with Crippen LogP contribution in [-0.2, 0) is 25.6 Å². The van der Waals surface area contributed by atoms with Crippen molar-refractivity contribution in [3.63, 3.8) is 0 Å². The smallest absolute Gasteiger partial charge is 0.348 e. The van der Waals surface area contributed by atoms with Gasteiger partial charge in [-0.15, -0.1) is 6.58 Å². The fourth-order valence-electron chi connectivity index (χ4n) is 3.80. The lowest BCUT2D eigenvalue weighted by atomic mass is 9.93. The topological polar surface area (TPSA) is 57.5 Å². The van der Waals surface area contributed by atoms with E-state index in [-0.39, 0.29) is 5.57 Å². The maximum atomic E-state index is 12.5. The number of allylic oxidation sites excluding steroid dienone is 1. The van der Waals surface area contributed by atoms with E-state index < -0.39 is 17.7 Å². The summed E-state index contributed by atoms with van der Waals surface area (Å²) >= 11 is 0. The van der Waals surface area contributed by atoms with Gasteiger partial charge in [0.15, 0.2) is 0 Å². The lowest BCUT2D eigenvalue weighted by Crippen LogP contribution is -2.47. The fourth-order valence-corrected chi connectivity index (χ4v) is 3.80. The quantitative estimate of drug-likeness (QED) is 0.363. The maximum absolute atomic E-state index is 12.5. The number of hydrogen-bond donors (Lipinski definition) is 0. The molecule has 1 aliphatic heterocycles. The number of rotatable bonds is 3. The Bertz CT molecular complexity index is 893. The number of nitrogens with zero attached hydrogens (tertiary/aromatic N) is 1. The van der Waals surface area contributed by atoms with Gasteiger partial charge in [0.1, 0.15) is 5.57 Å². The van der Waals surface area contributed by atoms with E-state index in [9.17, 15) is 9.59 Å². The van der Waals surface area contributed by atoms with Crippen molar-refractivity contribution in [1.29, 1.82) is 0 Å². The van der Waals surface area contributed by atoms with Crippen LogP contribution in [0.2, 0.25) is 0 Å². The Balaban J connectivity index is 1.70. The summed E-state index contributed by atoms with van der Waals surface area (Å²) in [6, 6.07) is 7.84. The first-order valence-electron chi connectivity index (χ1n) is 8.99. The van der Waals surface area contributed by atoms with E-state index in [0.29, 0.717) is 19.4 Å². The van der Waals surface area contributed by atoms with Crippen LogP contribution < -0.4 is 0 Å². The van der Waals surface area contributed by atoms with Crippen LogP contribution in [-0.4, -0.2) is 22.3 Å². The van der Waals surface area contributed by atoms with Crippen LogP contribution >= 0.6 is 0 Å². The normalized spacial score (nSPS) is 19.3. The highest BCUT2D eigenvalue weighted by Crippen LogP contribution is 2.37. The third kappa shape index (κ3) is 2.83. The number of esters is 2. The van der Waals surface area contributed by atoms with Crippen molar-refractivity contribution in [1.82, 2.24) is 4.57 Å². The largest absolute Gasteiger partial charge is 0.419 e. The van der Waals surface area contributed by atoms with Crippen molar-refractivity contribution >= 4 is 28.9 Å². The first-order chi connectivity index (χ1) is 12.6. The molecular weight excluding hydrogens is 330 g/mol. The molecule has 26 heavy (non-hydrogen) atoms. The van der Waals surface area contributed by atoms with Crippen LogP contribution in [0.4, 0.5) is 0 Å². The van der Waals surface area contributed by atoms with E-state index >= 15 is 0 Å². The predicted octanol–water partition coefficient (Wildman–Crippen LogP) is 3.97. The fraction of sp³-hybridized carbons (Fsp3) is 0.333. The van der Waals surface area contributed by atoms with Crippen LogP contribution in [0.25, 0.3) is 17.0 Å². The molecule has 1 saturated carbocycles. The minimum atomic E-state index is -1.05. The number of aromatic nitrogens is 1. The van der Waals surface area contributed by atoms with Crippen molar-refractivity contribution in [2.75, 3.05) is 0 Å². The molecule has 0 bridgehead atoms. The lowest BCUT2D eigenvalue weighted by molar-refractivity contribution is -0.244. The molecule has 0 N–H and O–H groups in total. The summed E-state index contributed by atoms with van der Waals surface area (Å²) in [4.78, 5) is 25.1. The highest BCUT2D eigenvalue weighted by atomic mass is 16.7. The third-order valence-corrected chi connectivity index (χ3v) is 5.06. The van der Waals surface area contributed by atoms with Gasteiger partial charge in [-0.2, -0.15) is 0 Å². The molecule has 1 aromatic carbocycles. The summed E-state index contributed by atoms with van der Waals surface area (Å²) in [5, 5.41) is 0.959. The summed E-state index contributed by atoms with van der Waals surface area (Å²) in [5.74, 6) is -2.24. The highest BCUT2D eigenvalue weighted by Gasteiger charge is 2.46. The average molecular weight is 351 g/mol. The number of ether oxygens (including phenoxy) is 2. The molecule has 134 valence electrons. The molecule has 5 nitrogen and oxygen atoms in total. The molecule has 0 atom stereocenters. The van der Waals surface area contributed by atoms with Crippen molar-refractivity contribution in [2.24, 2.45) is 0 Å². The van der Waals surface area contributed by atoms with Gasteiger partial charge in [-0.05, 0) is 25.0 Å². The minimum Gasteiger partial charge on any atom is -0.419 e. The third-order valence-electron chi connectivity index (χ3n) is 5.06. The zero-order chi connectivity index (χ0) is 18.1. The molecule has 0 unspecified atom stereocenters. The molecule has 2 aliphatic rings. The summed E-state index contributed by atoms with van der Waals surface area (Å²) < 4.78 is 13.2. The van der Waals surface area contributed by atoms with Crippen LogP contribution in [0.15, 0.2) is 48.7 Å². The molecule has 2 fully saturated rings. The van der Waals surface area contributed by atoms with Crippen molar-refractivity contribution in [2.45, 2.75) is 44.4 Å². The standard InChI is InChI=1S/C21H21NO4/c1-2-12-22-14-15(16-8-4-5-9-18(16)22)13-17-19(23)25-21(26-20(17)24)10-6-3-7-11-21/h2,4-5,8-9,13-14H,1,3,6-7,10-12H2. The number of carbonyl (C=O) groups is 2. The van der Waals surface area contributed by atoms with Crippen molar-refractivity contribution in [3.8, 4) is 0 Å². The number of fused-ring (bicyclic) bond motifs is 1. The summed E-state index contributed by atoms with van der Waals surface area (Å²) in [6.45, 7) is 4.42. The Labute approximate surface area is 151 Å². The van der Waals surface area contributed by atoms with E-state index in [1.54, 1.807) is 12.2 Å². The van der Waals surface area contributed by atoms with Crippen molar-refractivity contribution in [3.05, 3.63) is 54.3 Å². The molecule has 2 heterocycles. The Morgan fingerprint density at radius 1 is 1.08 bits per heavy atom. The number of benzene rings is 1. The van der Waals surface area contributed by atoms with Gasteiger partial charge in [0.25, 0.3) is 5.79 Å². The van der Waals surface area contributed by atoms with E-state index in [0.717, 1.165) is 35.7 Å². The van der Waals surface area contributed by atoms with E-state index in [1.807, 2.05) is 35.0 Å². The van der Waals surface area contributed by atoms with Gasteiger partial charge in [-0.3, -0.25) is 0 Å². The van der Waals surface area contributed by atoms with Crippen LogP contribution in [0.5, 0.6) is 0 Å². The van der Waals surface area contributed by atoms with E-state index in [2.05, 4.69) is 6.58 Å². The molecule has 5 heteroatoms. The molecule has 1 saturated heterocycles. The van der Waals surface area contributed by atoms with Gasteiger partial charge < -0.3 is 14.0 Å². The van der Waals surface area contributed by atoms with Gasteiger partial charge in [0, 0.05) is 42.0 Å². The second-order valence-electron chi connectivity index (χ2n) is 6.85. The van der Waals surface area contributed by atoms with Gasteiger partial charge in [0.2, 0.25) is 0 Å². The Morgan fingerprint density at radius 2 is 1.77 bits per heavy atom. The first kappa shape index (κ1) is 16.6. The number of para-hydroxylation sites is 1. The summed E-state index contributed by atoms with van der Waals surface area (Å²) in [7, 11) is 0. The Hall–Kier alpha value is -2.82. The zero-order valence-corrected chi connectivity index (χ0v) is 14.6. The predicted molar refractivity (Wildman–Crippen MR) is 98.1 cm³/mol. The number of carbonyl (C=O) groups excluding carboxylic acids is 2. The highest BCUT2D eigenvalue weighted by molar-refractivity contribution is 6.19. The van der Waals surface area contributed by atoms with Crippen LogP contribution in [0, 0.1) is 0 Å². The van der Waals surface area contributed by atoms with Crippen LogP contribution in [0.3, 0.4) is 0 Å². The van der Waals surface area contributed by atoms with Gasteiger partial charge >= 0.3 is 11.9 Å². The molecule has 2 aromatic rings. The van der Waals surface area contributed by atoms with E-state index in [1.165, 1.54) is 0 Å². The van der Waals surface area contributed by atoms with Gasteiger partial charge in [-0.25, -0.2) is 9.59 Å². The summed E-state index contributed by atoms with van der Waals surface area (Å²) in [5.41, 5.74) is 1.74. The van der Waals surface area contributed by atoms with Gasteiger partial charge in [0.05, 0.1) is 0 Å². The molecule has 1 spiro atoms. The molecule has 0 amide bonds. The van der Waals surface area contributed by atoms with Crippen molar-refractivity contribution < 1.29 is 19.1 Å². The molecular formula is C21H21NO4. The SMILES string of the molecule is C=CCn1cc(C=C2C(=O)OC3(CCCCC3)OC2=O)c2ccccc21. The lowest BCUT2D eigenvalue weighted by Gasteiger charge is -2.38. The zero-order valence-electron chi connectivity index (χ0n) is 14.6. The van der Waals surface area contributed by atoms with Crippen LogP contribution in [0.1, 0.15) is 37.7 Å². The Morgan fingerprint density at radius 3 is 2.46 bits per heavy atom. The molecule has 1 aliphatic carbocycles. The first-order valence-corrected chi connectivity index (χ1v) is 8.99. The second kappa shape index (κ2) is 6.48. The molecule has 4 rings (SSSR count). The monoisotopic (exact) mass is 351 g/mol. The summed E-state index contributed by atoms with van der Waals surface area (Å²) in [6.07, 6.45) is 9.31. The minimum absolute atomic E-state index is 0.0531. The maximum Gasteiger partial charge on any atom is 0.348 e. The molecule has 0 radical (unpaired) electrons. The number of hydrogen-bond acceptors (Lipinski definition) is 4. The average Bonchev–Trinajstić information content (AvgIpc) is 2.97. The second-order valence-corrected chi connectivity index (χ2v) is 6.85. The molecule has 1 aromatic heterocycles. The Kier molecular flexibility index (Phi) is 4.15. The van der Waals surface area contributed by atoms with E-state index in [4.69, 9.17) is 9.47 Å². The van der Waals surface area contributed by atoms with Gasteiger partial charge in [-0.1, -0.05) is 30.7 Å².